The third-order valence-corrected chi connectivity index (χ3v) is 5.23. The molecule has 0 spiro atoms. The number of aryl methyl sites for hydroxylation is 1. The Morgan fingerprint density at radius 1 is 1.29 bits per heavy atom. The summed E-state index contributed by atoms with van der Waals surface area (Å²) in [5.41, 5.74) is 0.497. The number of thiazole rings is 1. The third kappa shape index (κ3) is 4.27. The van der Waals surface area contributed by atoms with Crippen LogP contribution in [0.1, 0.15) is 67.0 Å². The molecular weight excluding hydrogens is 288 g/mol. The Kier molecular flexibility index (Phi) is 6.33. The van der Waals surface area contributed by atoms with E-state index in [-0.39, 0.29) is 22.7 Å². The van der Waals surface area contributed by atoms with Gasteiger partial charge in [0.15, 0.2) is 0 Å². The standard InChI is InChI=1S/C15H24N2O3S/c1-6-11(7-2)8(3)13(18)16-10(5)14-17-9(4)12(21-14)15(19)20/h8,10-11H,6-7H2,1-5H3,(H,16,18)(H,19,20). The van der Waals surface area contributed by atoms with E-state index in [4.69, 9.17) is 5.11 Å². The second-order valence-corrected chi connectivity index (χ2v) is 6.40. The van der Waals surface area contributed by atoms with Gasteiger partial charge < -0.3 is 10.4 Å². The maximum Gasteiger partial charge on any atom is 0.347 e. The maximum atomic E-state index is 12.3. The van der Waals surface area contributed by atoms with E-state index < -0.39 is 5.97 Å². The van der Waals surface area contributed by atoms with E-state index in [1.165, 1.54) is 0 Å². The van der Waals surface area contributed by atoms with Crippen molar-refractivity contribution in [2.75, 3.05) is 0 Å². The molecule has 2 unspecified atom stereocenters. The second-order valence-electron chi connectivity index (χ2n) is 5.37. The van der Waals surface area contributed by atoms with Gasteiger partial charge >= 0.3 is 5.97 Å². The highest BCUT2D eigenvalue weighted by Crippen LogP contribution is 2.25. The molecule has 0 saturated heterocycles. The number of hydrogen-bond acceptors (Lipinski definition) is 4. The smallest absolute Gasteiger partial charge is 0.347 e. The highest BCUT2D eigenvalue weighted by Gasteiger charge is 2.24. The minimum atomic E-state index is -0.972. The van der Waals surface area contributed by atoms with Crippen molar-refractivity contribution in [2.45, 2.75) is 53.5 Å². The summed E-state index contributed by atoms with van der Waals surface area (Å²) in [5, 5.41) is 12.6. The largest absolute Gasteiger partial charge is 0.477 e. The van der Waals surface area contributed by atoms with Crippen molar-refractivity contribution >= 4 is 23.2 Å². The van der Waals surface area contributed by atoms with Gasteiger partial charge in [0.25, 0.3) is 0 Å². The monoisotopic (exact) mass is 312 g/mol. The molecule has 118 valence electrons. The predicted octanol–water partition coefficient (Wildman–Crippen LogP) is 3.40. The Morgan fingerprint density at radius 2 is 1.86 bits per heavy atom. The summed E-state index contributed by atoms with van der Waals surface area (Å²) >= 11 is 1.12. The van der Waals surface area contributed by atoms with E-state index >= 15 is 0 Å². The van der Waals surface area contributed by atoms with Crippen LogP contribution in [-0.2, 0) is 4.79 Å². The molecule has 1 aromatic rings. The van der Waals surface area contributed by atoms with Crippen LogP contribution in [0.5, 0.6) is 0 Å². The molecule has 2 N–H and O–H groups in total. The molecule has 1 heterocycles. The number of aromatic nitrogens is 1. The van der Waals surface area contributed by atoms with Gasteiger partial charge in [-0.1, -0.05) is 33.6 Å². The van der Waals surface area contributed by atoms with E-state index in [2.05, 4.69) is 24.1 Å². The number of rotatable bonds is 7. The number of aromatic carboxylic acids is 1. The lowest BCUT2D eigenvalue weighted by atomic mass is 9.88. The molecular formula is C15H24N2O3S. The summed E-state index contributed by atoms with van der Waals surface area (Å²) in [6, 6.07) is -0.272. The lowest BCUT2D eigenvalue weighted by Crippen LogP contribution is -2.34. The van der Waals surface area contributed by atoms with E-state index in [0.717, 1.165) is 24.2 Å². The van der Waals surface area contributed by atoms with Crippen LogP contribution < -0.4 is 5.32 Å². The van der Waals surface area contributed by atoms with E-state index in [0.29, 0.717) is 16.6 Å². The van der Waals surface area contributed by atoms with Crippen molar-refractivity contribution in [2.24, 2.45) is 11.8 Å². The molecule has 5 nitrogen and oxygen atoms in total. The average molecular weight is 312 g/mol. The fraction of sp³-hybridized carbons (Fsp3) is 0.667. The molecule has 0 radical (unpaired) electrons. The van der Waals surface area contributed by atoms with E-state index in [9.17, 15) is 9.59 Å². The molecule has 0 bridgehead atoms. The zero-order chi connectivity index (χ0) is 16.2. The van der Waals surface area contributed by atoms with Gasteiger partial charge in [-0.15, -0.1) is 11.3 Å². The van der Waals surface area contributed by atoms with Crippen molar-refractivity contribution in [1.82, 2.24) is 10.3 Å². The second kappa shape index (κ2) is 7.54. The third-order valence-electron chi connectivity index (χ3n) is 3.91. The zero-order valence-electron chi connectivity index (χ0n) is 13.3. The molecule has 0 aliphatic carbocycles. The summed E-state index contributed by atoms with van der Waals surface area (Å²) in [6.45, 7) is 9.62. The van der Waals surface area contributed by atoms with Crippen LogP contribution in [-0.4, -0.2) is 22.0 Å². The fourth-order valence-corrected chi connectivity index (χ4v) is 3.33. The Labute approximate surface area is 129 Å². The van der Waals surface area contributed by atoms with E-state index in [1.807, 2.05) is 13.8 Å². The van der Waals surface area contributed by atoms with Crippen LogP contribution in [0, 0.1) is 18.8 Å². The van der Waals surface area contributed by atoms with Crippen molar-refractivity contribution in [3.63, 3.8) is 0 Å². The normalized spacial score (nSPS) is 14.0. The molecule has 0 aliphatic rings. The van der Waals surface area contributed by atoms with Crippen molar-refractivity contribution in [3.8, 4) is 0 Å². The number of nitrogens with zero attached hydrogens (tertiary/aromatic N) is 1. The van der Waals surface area contributed by atoms with Crippen LogP contribution in [0.25, 0.3) is 0 Å². The number of carboxylic acids is 1. The van der Waals surface area contributed by atoms with Crippen molar-refractivity contribution < 1.29 is 14.7 Å². The van der Waals surface area contributed by atoms with Gasteiger partial charge in [-0.3, -0.25) is 4.79 Å². The first-order valence-corrected chi connectivity index (χ1v) is 8.14. The highest BCUT2D eigenvalue weighted by molar-refractivity contribution is 7.13. The van der Waals surface area contributed by atoms with Crippen LogP contribution >= 0.6 is 11.3 Å². The fourth-order valence-electron chi connectivity index (χ4n) is 2.42. The average Bonchev–Trinajstić information content (AvgIpc) is 2.82. The van der Waals surface area contributed by atoms with Gasteiger partial charge in [0.05, 0.1) is 11.7 Å². The van der Waals surface area contributed by atoms with Gasteiger partial charge in [-0.25, -0.2) is 9.78 Å². The highest BCUT2D eigenvalue weighted by atomic mass is 32.1. The summed E-state index contributed by atoms with van der Waals surface area (Å²) < 4.78 is 0. The maximum absolute atomic E-state index is 12.3. The minimum absolute atomic E-state index is 0.000859. The van der Waals surface area contributed by atoms with Gasteiger partial charge in [-0.05, 0) is 19.8 Å². The number of carboxylic acid groups (broad SMARTS) is 1. The van der Waals surface area contributed by atoms with Crippen molar-refractivity contribution in [3.05, 3.63) is 15.6 Å². The summed E-state index contributed by atoms with van der Waals surface area (Å²) in [4.78, 5) is 27.8. The van der Waals surface area contributed by atoms with Crippen LogP contribution in [0.3, 0.4) is 0 Å². The lowest BCUT2D eigenvalue weighted by molar-refractivity contribution is -0.126. The quantitative estimate of drug-likeness (QED) is 0.808. The summed E-state index contributed by atoms with van der Waals surface area (Å²) in [5.74, 6) is -0.659. The summed E-state index contributed by atoms with van der Waals surface area (Å²) in [6.07, 6.45) is 1.94. The SMILES string of the molecule is CCC(CC)C(C)C(=O)NC(C)c1nc(C)c(C(=O)O)s1. The van der Waals surface area contributed by atoms with Gasteiger partial charge in [0.2, 0.25) is 5.91 Å². The number of hydrogen-bond donors (Lipinski definition) is 2. The van der Waals surface area contributed by atoms with Crippen LogP contribution in [0.2, 0.25) is 0 Å². The predicted molar refractivity (Wildman–Crippen MR) is 83.6 cm³/mol. The minimum Gasteiger partial charge on any atom is -0.477 e. The number of amides is 1. The first kappa shape index (κ1) is 17.6. The topological polar surface area (TPSA) is 79.3 Å². The van der Waals surface area contributed by atoms with Gasteiger partial charge in [-0.2, -0.15) is 0 Å². The Hall–Kier alpha value is -1.43. The molecule has 6 heteroatoms. The van der Waals surface area contributed by atoms with Gasteiger partial charge in [0.1, 0.15) is 9.88 Å². The molecule has 0 saturated carbocycles. The molecule has 1 amide bonds. The number of carbonyl (C=O) groups excluding carboxylic acids is 1. The molecule has 21 heavy (non-hydrogen) atoms. The molecule has 1 rings (SSSR count). The number of carbonyl (C=O) groups is 2. The first-order chi connectivity index (χ1) is 9.81. The molecule has 1 aromatic heterocycles. The molecule has 0 aromatic carbocycles. The molecule has 0 fully saturated rings. The number of nitrogens with one attached hydrogen (secondary N) is 1. The van der Waals surface area contributed by atoms with Crippen LogP contribution in [0.15, 0.2) is 0 Å². The van der Waals surface area contributed by atoms with Crippen LogP contribution in [0.4, 0.5) is 0 Å². The van der Waals surface area contributed by atoms with E-state index in [1.54, 1.807) is 6.92 Å². The lowest BCUT2D eigenvalue weighted by Gasteiger charge is -2.22. The molecule has 2 atom stereocenters. The Bertz CT molecular complexity index is 509. The van der Waals surface area contributed by atoms with Crippen molar-refractivity contribution in [1.29, 1.82) is 0 Å². The zero-order valence-corrected chi connectivity index (χ0v) is 14.1. The molecule has 0 aliphatic heterocycles. The first-order valence-electron chi connectivity index (χ1n) is 7.32. The Balaban J connectivity index is 2.76. The summed E-state index contributed by atoms with van der Waals surface area (Å²) in [7, 11) is 0. The Morgan fingerprint density at radius 3 is 2.29 bits per heavy atom. The van der Waals surface area contributed by atoms with Gasteiger partial charge in [0, 0.05) is 5.92 Å².